The number of aromatic hydroxyl groups is 1. The van der Waals surface area contributed by atoms with E-state index >= 15 is 0 Å². The summed E-state index contributed by atoms with van der Waals surface area (Å²) in [6, 6.07) is 2.18. The Morgan fingerprint density at radius 2 is 2.12 bits per heavy atom. The minimum absolute atomic E-state index is 0.0377. The smallest absolute Gasteiger partial charge is 0.230 e. The molecule has 1 aliphatic heterocycles. The van der Waals surface area contributed by atoms with Gasteiger partial charge in [0, 0.05) is 30.5 Å². The molecule has 4 N–H and O–H groups in total. The number of hydrogen-bond acceptors (Lipinski definition) is 5. The highest BCUT2D eigenvalue weighted by Crippen LogP contribution is 2.66. The second-order valence-corrected chi connectivity index (χ2v) is 10.4. The van der Waals surface area contributed by atoms with E-state index in [1.165, 1.54) is 11.1 Å². The molecule has 178 valence electrons. The van der Waals surface area contributed by atoms with E-state index in [-0.39, 0.29) is 40.5 Å². The summed E-state index contributed by atoms with van der Waals surface area (Å²) in [6.07, 6.45) is 8.71. The zero-order chi connectivity index (χ0) is 23.3. The molecule has 0 radical (unpaired) electrons. The Balaban J connectivity index is 1.59. The molecule has 2 bridgehead atoms. The molecule has 1 heterocycles. The van der Waals surface area contributed by atoms with Gasteiger partial charge in [0.25, 0.3) is 0 Å². The van der Waals surface area contributed by atoms with Crippen molar-refractivity contribution in [3.63, 3.8) is 0 Å². The highest BCUT2D eigenvalue weighted by Gasteiger charge is 2.66. The number of benzene rings is 1. The van der Waals surface area contributed by atoms with Gasteiger partial charge in [-0.3, -0.25) is 9.59 Å². The van der Waals surface area contributed by atoms with E-state index in [0.29, 0.717) is 30.2 Å². The lowest BCUT2D eigenvalue weighted by molar-refractivity contribution is -0.122. The highest BCUT2D eigenvalue weighted by atomic mass is 79.9. The Bertz CT molecular complexity index is 1010. The number of phenols is 1. The monoisotopic (exact) mass is 517 g/mol. The number of alkyl halides is 1. The first-order chi connectivity index (χ1) is 15.9. The van der Waals surface area contributed by atoms with Gasteiger partial charge in [-0.15, -0.1) is 0 Å². The number of halogens is 1. The number of carbonyl (C=O) groups is 2. The van der Waals surface area contributed by atoms with Crippen LogP contribution >= 0.6 is 15.9 Å². The third-order valence-corrected chi connectivity index (χ3v) is 8.88. The normalized spacial score (nSPS) is 33.4. The van der Waals surface area contributed by atoms with Gasteiger partial charge in [0.15, 0.2) is 11.5 Å². The largest absolute Gasteiger partial charge is 0.504 e. The van der Waals surface area contributed by atoms with Gasteiger partial charge in [0.2, 0.25) is 11.8 Å². The summed E-state index contributed by atoms with van der Waals surface area (Å²) in [6.45, 7) is 2.00. The lowest BCUT2D eigenvalue weighted by atomic mass is 9.46. The maximum absolute atomic E-state index is 12.0. The number of phenolic OH excluding ortho intramolecular Hbond substituents is 1. The lowest BCUT2D eigenvalue weighted by Gasteiger charge is -2.58. The van der Waals surface area contributed by atoms with Gasteiger partial charge >= 0.3 is 0 Å². The van der Waals surface area contributed by atoms with Gasteiger partial charge in [0.1, 0.15) is 6.10 Å². The van der Waals surface area contributed by atoms with Crippen LogP contribution in [0.15, 0.2) is 12.1 Å². The van der Waals surface area contributed by atoms with E-state index in [4.69, 9.17) is 4.74 Å². The van der Waals surface area contributed by atoms with Crippen molar-refractivity contribution in [2.24, 2.45) is 11.8 Å². The van der Waals surface area contributed by atoms with Crippen molar-refractivity contribution in [3.8, 4) is 11.5 Å². The Morgan fingerprint density at radius 3 is 2.85 bits per heavy atom. The summed E-state index contributed by atoms with van der Waals surface area (Å²) in [5.74, 6) is 1.62. The van der Waals surface area contributed by atoms with Crippen LogP contribution in [0.3, 0.4) is 0 Å². The summed E-state index contributed by atoms with van der Waals surface area (Å²) < 4.78 is 6.55. The van der Waals surface area contributed by atoms with Crippen LogP contribution < -0.4 is 20.7 Å². The van der Waals surface area contributed by atoms with E-state index in [2.05, 4.69) is 38.9 Å². The average Bonchev–Trinajstić information content (AvgIpc) is 3.14. The van der Waals surface area contributed by atoms with Crippen molar-refractivity contribution in [1.82, 2.24) is 16.0 Å². The molecule has 7 nitrogen and oxygen atoms in total. The summed E-state index contributed by atoms with van der Waals surface area (Å²) >= 11 is 3.16. The number of carbonyl (C=O) groups excluding carboxylic acids is 2. The molecule has 2 unspecified atom stereocenters. The Morgan fingerprint density at radius 1 is 1.30 bits per heavy atom. The molecular formula is C25H32BrN3O4. The zero-order valence-corrected chi connectivity index (χ0v) is 20.7. The molecular weight excluding hydrogens is 486 g/mol. The van der Waals surface area contributed by atoms with Gasteiger partial charge < -0.3 is 25.8 Å². The molecule has 0 saturated heterocycles. The van der Waals surface area contributed by atoms with Crippen molar-refractivity contribution in [2.45, 2.75) is 62.6 Å². The summed E-state index contributed by atoms with van der Waals surface area (Å²) in [7, 11) is 2.05. The topological polar surface area (TPSA) is 99.7 Å². The van der Waals surface area contributed by atoms with E-state index in [0.717, 1.165) is 37.7 Å². The molecule has 0 aromatic heterocycles. The fourth-order valence-electron chi connectivity index (χ4n) is 7.30. The van der Waals surface area contributed by atoms with Crippen LogP contribution in [0.4, 0.5) is 0 Å². The van der Waals surface area contributed by atoms with Crippen LogP contribution in [0.1, 0.15) is 49.3 Å². The summed E-state index contributed by atoms with van der Waals surface area (Å²) in [4.78, 5) is 23.5. The molecule has 1 spiro atoms. The van der Waals surface area contributed by atoms with Gasteiger partial charge in [-0.05, 0) is 68.2 Å². The van der Waals surface area contributed by atoms with Gasteiger partial charge in [0.05, 0.1) is 11.4 Å². The number of hydrogen-bond donors (Lipinski definition) is 4. The third kappa shape index (κ3) is 3.48. The fraction of sp³-hybridized carbons (Fsp3) is 0.600. The highest BCUT2D eigenvalue weighted by molar-refractivity contribution is 9.09. The summed E-state index contributed by atoms with van der Waals surface area (Å²) in [5, 5.41) is 20.8. The Labute approximate surface area is 202 Å². The fourth-order valence-corrected chi connectivity index (χ4v) is 7.50. The van der Waals surface area contributed by atoms with Crippen molar-refractivity contribution in [3.05, 3.63) is 28.8 Å². The number of nitrogens with one attached hydrogen (secondary N) is 3. The van der Waals surface area contributed by atoms with E-state index < -0.39 is 0 Å². The second kappa shape index (κ2) is 8.62. The van der Waals surface area contributed by atoms with Crippen LogP contribution in [0, 0.1) is 11.8 Å². The van der Waals surface area contributed by atoms with Crippen LogP contribution in [-0.4, -0.2) is 54.0 Å². The van der Waals surface area contributed by atoms with E-state index in [1.807, 2.05) is 12.2 Å². The zero-order valence-electron chi connectivity index (χ0n) is 19.1. The predicted molar refractivity (Wildman–Crippen MR) is 130 cm³/mol. The first-order valence-electron chi connectivity index (χ1n) is 11.9. The average molecular weight is 518 g/mol. The molecule has 5 rings (SSSR count). The Hall–Kier alpha value is -2.06. The quantitative estimate of drug-likeness (QED) is 0.434. The molecule has 2 fully saturated rings. The molecule has 1 aromatic rings. The molecule has 1 aromatic carbocycles. The van der Waals surface area contributed by atoms with Crippen molar-refractivity contribution < 1.29 is 19.4 Å². The van der Waals surface area contributed by atoms with Crippen molar-refractivity contribution in [2.75, 3.05) is 18.9 Å². The molecule has 6 atom stereocenters. The first-order valence-corrected chi connectivity index (χ1v) is 13.0. The van der Waals surface area contributed by atoms with Gasteiger partial charge in [-0.1, -0.05) is 28.1 Å². The first kappa shape index (κ1) is 22.7. The van der Waals surface area contributed by atoms with Crippen LogP contribution in [0.5, 0.6) is 11.5 Å². The molecule has 4 aliphatic rings. The third-order valence-electron chi connectivity index (χ3n) is 8.37. The number of ether oxygens (including phenoxy) is 1. The SMILES string of the molecule is CNC1CC[C@]23c4c5c(/C=C/CNC(=O)CBr)cc(O)c4O[C@H]2[C@@H](NC(C)=O)CCC3[C@H]1C5. The number of amides is 2. The molecule has 33 heavy (non-hydrogen) atoms. The van der Waals surface area contributed by atoms with E-state index in [9.17, 15) is 14.7 Å². The van der Waals surface area contributed by atoms with Crippen molar-refractivity contribution >= 4 is 33.8 Å². The standard InChI is InChI=1S/C25H32BrN3O4/c1-13(30)29-19-6-5-17-16-11-15-14(4-3-9-28-21(32)12-26)10-20(31)23-22(15)25(17,24(19)33-23)8-7-18(16)27-2/h3-4,10,16-19,24,27,31H,5-9,11-12H2,1-2H3,(H,28,32)(H,29,30)/b4-3+/t16-,17?,18?,19+,24+,25+/m1/s1. The Kier molecular flexibility index (Phi) is 5.93. The molecule has 3 aliphatic carbocycles. The van der Waals surface area contributed by atoms with Crippen molar-refractivity contribution in [1.29, 1.82) is 0 Å². The molecule has 2 amide bonds. The van der Waals surface area contributed by atoms with Gasteiger partial charge in [-0.25, -0.2) is 0 Å². The predicted octanol–water partition coefficient (Wildman–Crippen LogP) is 2.38. The second-order valence-electron chi connectivity index (χ2n) is 9.88. The van der Waals surface area contributed by atoms with Crippen LogP contribution in [0.25, 0.3) is 6.08 Å². The number of rotatable bonds is 6. The minimum Gasteiger partial charge on any atom is -0.504 e. The lowest BCUT2D eigenvalue weighted by Crippen LogP contribution is -2.66. The molecule has 8 heteroatoms. The maximum atomic E-state index is 12.0. The maximum Gasteiger partial charge on any atom is 0.230 e. The van der Waals surface area contributed by atoms with Crippen LogP contribution in [0.2, 0.25) is 0 Å². The summed E-state index contributed by atoms with van der Waals surface area (Å²) in [5.41, 5.74) is 3.23. The minimum atomic E-state index is -0.183. The molecule has 2 saturated carbocycles. The van der Waals surface area contributed by atoms with E-state index in [1.54, 1.807) is 13.0 Å². The van der Waals surface area contributed by atoms with Crippen LogP contribution in [-0.2, 0) is 21.4 Å². The van der Waals surface area contributed by atoms with Gasteiger partial charge in [-0.2, -0.15) is 0 Å².